The Kier molecular flexibility index (Phi) is 2.06. The fourth-order valence-electron chi connectivity index (χ4n) is 2.47. The molecular formula is C13H14N2O. The second kappa shape index (κ2) is 3.44. The third-order valence-electron chi connectivity index (χ3n) is 3.39. The fraction of sp³-hybridized carbons (Fsp3) is 0.385. The molecule has 3 nitrogen and oxygen atoms in total. The summed E-state index contributed by atoms with van der Waals surface area (Å²) in [6.45, 7) is 1.96. The number of aryl methyl sites for hydroxylation is 3. The molecular weight excluding hydrogens is 200 g/mol. The zero-order valence-electron chi connectivity index (χ0n) is 9.36. The summed E-state index contributed by atoms with van der Waals surface area (Å²) in [5.74, 6) is 0. The maximum atomic E-state index is 10.9. The van der Waals surface area contributed by atoms with Gasteiger partial charge in [-0.1, -0.05) is 0 Å². The first-order chi connectivity index (χ1) is 7.79. The van der Waals surface area contributed by atoms with E-state index < -0.39 is 0 Å². The van der Waals surface area contributed by atoms with Crippen LogP contribution < -0.4 is 0 Å². The van der Waals surface area contributed by atoms with Gasteiger partial charge in [-0.15, -0.1) is 0 Å². The number of aromatic nitrogens is 2. The summed E-state index contributed by atoms with van der Waals surface area (Å²) in [6, 6.07) is 2.00. The minimum atomic E-state index is 0.762. The zero-order chi connectivity index (χ0) is 11.1. The van der Waals surface area contributed by atoms with Crippen LogP contribution in [0.5, 0.6) is 0 Å². The van der Waals surface area contributed by atoms with E-state index in [0.29, 0.717) is 0 Å². The van der Waals surface area contributed by atoms with Crippen molar-refractivity contribution in [3.05, 3.63) is 34.8 Å². The molecule has 0 aromatic carbocycles. The Morgan fingerprint density at radius 1 is 1.38 bits per heavy atom. The summed E-state index contributed by atoms with van der Waals surface area (Å²) >= 11 is 0. The maximum absolute atomic E-state index is 10.9. The quantitative estimate of drug-likeness (QED) is 0.683. The Labute approximate surface area is 94.1 Å². The van der Waals surface area contributed by atoms with E-state index in [1.54, 1.807) is 0 Å². The number of aldehydes is 1. The predicted octanol–water partition coefficient (Wildman–Crippen LogP) is 2.33. The van der Waals surface area contributed by atoms with E-state index in [1.807, 2.05) is 19.2 Å². The van der Waals surface area contributed by atoms with Gasteiger partial charge in [0.15, 0.2) is 6.29 Å². The van der Waals surface area contributed by atoms with E-state index in [1.165, 1.54) is 24.2 Å². The van der Waals surface area contributed by atoms with Gasteiger partial charge in [-0.3, -0.25) is 4.79 Å². The van der Waals surface area contributed by atoms with Crippen LogP contribution in [0.2, 0.25) is 0 Å². The lowest BCUT2D eigenvalue weighted by atomic mass is 10.0. The van der Waals surface area contributed by atoms with Gasteiger partial charge in [-0.05, 0) is 44.2 Å². The average molecular weight is 214 g/mol. The Hall–Kier alpha value is -1.64. The molecule has 16 heavy (non-hydrogen) atoms. The molecule has 82 valence electrons. The van der Waals surface area contributed by atoms with Crippen molar-refractivity contribution in [1.82, 2.24) is 9.38 Å². The third kappa shape index (κ3) is 1.28. The van der Waals surface area contributed by atoms with E-state index >= 15 is 0 Å². The van der Waals surface area contributed by atoms with Gasteiger partial charge in [0.2, 0.25) is 0 Å². The van der Waals surface area contributed by atoms with Crippen molar-refractivity contribution in [1.29, 1.82) is 0 Å². The summed E-state index contributed by atoms with van der Waals surface area (Å²) in [7, 11) is 0. The number of hydrogen-bond donors (Lipinski definition) is 0. The minimum absolute atomic E-state index is 0.762. The molecule has 3 rings (SSSR count). The molecule has 2 aromatic rings. The first-order valence-corrected chi connectivity index (χ1v) is 5.75. The molecule has 0 atom stereocenters. The van der Waals surface area contributed by atoms with Gasteiger partial charge in [0.05, 0.1) is 5.69 Å². The summed E-state index contributed by atoms with van der Waals surface area (Å²) in [4.78, 5) is 15.6. The first-order valence-electron chi connectivity index (χ1n) is 5.75. The number of pyridine rings is 1. The molecule has 0 N–H and O–H groups in total. The normalized spacial score (nSPS) is 15.1. The van der Waals surface area contributed by atoms with Crippen LogP contribution in [0, 0.1) is 6.92 Å². The van der Waals surface area contributed by atoms with Gasteiger partial charge in [-0.2, -0.15) is 0 Å². The molecule has 0 fully saturated rings. The third-order valence-corrected chi connectivity index (χ3v) is 3.39. The van der Waals surface area contributed by atoms with E-state index in [2.05, 4.69) is 9.38 Å². The lowest BCUT2D eigenvalue weighted by Crippen LogP contribution is -2.04. The molecule has 0 unspecified atom stereocenters. The van der Waals surface area contributed by atoms with Crippen LogP contribution in [0.3, 0.4) is 0 Å². The molecule has 0 radical (unpaired) electrons. The standard InChI is InChI=1S/C13H14N2O/c1-9-6-13-14-11-4-2-3-5-12(11)15(13)7-10(9)8-16/h6-8H,2-5H2,1H3. The highest BCUT2D eigenvalue weighted by Gasteiger charge is 2.16. The Balaban J connectivity index is 2.31. The molecule has 0 amide bonds. The molecule has 0 saturated heterocycles. The number of fused-ring (bicyclic) bond motifs is 3. The highest BCUT2D eigenvalue weighted by Crippen LogP contribution is 2.23. The SMILES string of the molecule is Cc1cc2nc3c(n2cc1C=O)CCCC3. The Morgan fingerprint density at radius 3 is 3.00 bits per heavy atom. The van der Waals surface area contributed by atoms with Crippen molar-refractivity contribution >= 4 is 11.9 Å². The number of carbonyl (C=O) groups is 1. The van der Waals surface area contributed by atoms with Gasteiger partial charge >= 0.3 is 0 Å². The van der Waals surface area contributed by atoms with E-state index in [4.69, 9.17) is 0 Å². The molecule has 2 heterocycles. The van der Waals surface area contributed by atoms with Crippen LogP contribution in [0.1, 0.15) is 40.2 Å². The molecule has 2 aromatic heterocycles. The summed E-state index contributed by atoms with van der Waals surface area (Å²) < 4.78 is 2.09. The minimum Gasteiger partial charge on any atom is -0.303 e. The summed E-state index contributed by atoms with van der Waals surface area (Å²) in [6.07, 6.45) is 7.46. The second-order valence-electron chi connectivity index (χ2n) is 4.47. The van der Waals surface area contributed by atoms with Gasteiger partial charge in [0.1, 0.15) is 5.65 Å². The summed E-state index contributed by atoms with van der Waals surface area (Å²) in [5, 5.41) is 0. The molecule has 0 spiro atoms. The smallest absolute Gasteiger partial charge is 0.151 e. The lowest BCUT2D eigenvalue weighted by Gasteiger charge is -2.10. The Morgan fingerprint density at radius 2 is 2.19 bits per heavy atom. The second-order valence-corrected chi connectivity index (χ2v) is 4.47. The van der Waals surface area contributed by atoms with Crippen molar-refractivity contribution in [2.24, 2.45) is 0 Å². The monoisotopic (exact) mass is 214 g/mol. The first kappa shape index (κ1) is 9.58. The van der Waals surface area contributed by atoms with Gasteiger partial charge in [0, 0.05) is 17.5 Å². The van der Waals surface area contributed by atoms with Crippen LogP contribution in [-0.4, -0.2) is 15.7 Å². The van der Waals surface area contributed by atoms with Crippen molar-refractivity contribution in [2.75, 3.05) is 0 Å². The van der Waals surface area contributed by atoms with Crippen molar-refractivity contribution < 1.29 is 4.79 Å². The Bertz CT molecular complexity index is 569. The van der Waals surface area contributed by atoms with E-state index in [9.17, 15) is 4.79 Å². The van der Waals surface area contributed by atoms with Crippen molar-refractivity contribution in [3.8, 4) is 0 Å². The largest absolute Gasteiger partial charge is 0.303 e. The number of imidazole rings is 1. The molecule has 1 aliphatic rings. The van der Waals surface area contributed by atoms with Crippen LogP contribution in [0.4, 0.5) is 0 Å². The molecule has 0 bridgehead atoms. The number of carbonyl (C=O) groups excluding carboxylic acids is 1. The van der Waals surface area contributed by atoms with Crippen LogP contribution in [-0.2, 0) is 12.8 Å². The van der Waals surface area contributed by atoms with E-state index in [-0.39, 0.29) is 0 Å². The number of hydrogen-bond acceptors (Lipinski definition) is 2. The fourth-order valence-corrected chi connectivity index (χ4v) is 2.47. The van der Waals surface area contributed by atoms with Crippen LogP contribution in [0.25, 0.3) is 5.65 Å². The van der Waals surface area contributed by atoms with Crippen LogP contribution >= 0.6 is 0 Å². The molecule has 3 heteroatoms. The lowest BCUT2D eigenvalue weighted by molar-refractivity contribution is 0.112. The van der Waals surface area contributed by atoms with Crippen molar-refractivity contribution in [2.45, 2.75) is 32.6 Å². The van der Waals surface area contributed by atoms with Crippen LogP contribution in [0.15, 0.2) is 12.3 Å². The number of nitrogens with zero attached hydrogens (tertiary/aromatic N) is 2. The number of rotatable bonds is 1. The summed E-state index contributed by atoms with van der Waals surface area (Å²) in [5.41, 5.74) is 5.26. The van der Waals surface area contributed by atoms with Gasteiger partial charge in [-0.25, -0.2) is 4.98 Å². The molecule has 0 saturated carbocycles. The topological polar surface area (TPSA) is 34.4 Å². The predicted molar refractivity (Wildman–Crippen MR) is 62.0 cm³/mol. The molecule has 1 aliphatic carbocycles. The molecule has 0 aliphatic heterocycles. The van der Waals surface area contributed by atoms with E-state index in [0.717, 1.165) is 35.9 Å². The van der Waals surface area contributed by atoms with Gasteiger partial charge in [0.25, 0.3) is 0 Å². The van der Waals surface area contributed by atoms with Crippen molar-refractivity contribution in [3.63, 3.8) is 0 Å². The maximum Gasteiger partial charge on any atom is 0.151 e. The van der Waals surface area contributed by atoms with Gasteiger partial charge < -0.3 is 4.40 Å². The average Bonchev–Trinajstić information content (AvgIpc) is 2.65. The zero-order valence-corrected chi connectivity index (χ0v) is 9.36. The highest BCUT2D eigenvalue weighted by atomic mass is 16.1. The highest BCUT2D eigenvalue weighted by molar-refractivity contribution is 5.77.